The van der Waals surface area contributed by atoms with Gasteiger partial charge in [-0.2, -0.15) is 0 Å². The second kappa shape index (κ2) is 4.82. The number of aliphatic hydroxyl groups excluding tert-OH is 1. The minimum absolute atomic E-state index is 0.0540. The Labute approximate surface area is 103 Å². The van der Waals surface area contributed by atoms with Crippen LogP contribution in [0.25, 0.3) is 11.1 Å². The standard InChI is InChI=1S/C14H11F3O/c1-8-2-3-9(7-18)10(4-8)11-5-13(16)14(17)6-12(11)15/h2-6,18H,7H2,1H3. The van der Waals surface area contributed by atoms with Crippen LogP contribution in [0.15, 0.2) is 30.3 Å². The Morgan fingerprint density at radius 1 is 0.889 bits per heavy atom. The first-order chi connectivity index (χ1) is 8.52. The van der Waals surface area contributed by atoms with Crippen molar-refractivity contribution in [2.45, 2.75) is 13.5 Å². The van der Waals surface area contributed by atoms with Gasteiger partial charge >= 0.3 is 0 Å². The normalized spacial score (nSPS) is 10.7. The maximum Gasteiger partial charge on any atom is 0.161 e. The van der Waals surface area contributed by atoms with Gasteiger partial charge in [-0.3, -0.25) is 0 Å². The molecule has 0 fully saturated rings. The molecule has 0 amide bonds. The molecule has 2 aromatic carbocycles. The van der Waals surface area contributed by atoms with Gasteiger partial charge in [0.1, 0.15) is 5.82 Å². The molecule has 18 heavy (non-hydrogen) atoms. The van der Waals surface area contributed by atoms with Gasteiger partial charge in [-0.25, -0.2) is 13.2 Å². The summed E-state index contributed by atoms with van der Waals surface area (Å²) in [6, 6.07) is 6.33. The van der Waals surface area contributed by atoms with Crippen molar-refractivity contribution in [3.8, 4) is 11.1 Å². The average Bonchev–Trinajstić information content (AvgIpc) is 2.34. The summed E-state index contributed by atoms with van der Waals surface area (Å²) in [7, 11) is 0. The zero-order chi connectivity index (χ0) is 13.3. The van der Waals surface area contributed by atoms with E-state index in [2.05, 4.69) is 0 Å². The monoisotopic (exact) mass is 252 g/mol. The van der Waals surface area contributed by atoms with E-state index in [1.807, 2.05) is 0 Å². The van der Waals surface area contributed by atoms with Crippen LogP contribution in [-0.2, 0) is 6.61 Å². The SMILES string of the molecule is Cc1ccc(CO)c(-c2cc(F)c(F)cc2F)c1. The molecule has 0 radical (unpaired) electrons. The number of aliphatic hydroxyl groups is 1. The van der Waals surface area contributed by atoms with Gasteiger partial charge in [0.2, 0.25) is 0 Å². The highest BCUT2D eigenvalue weighted by atomic mass is 19.2. The first kappa shape index (κ1) is 12.6. The number of hydrogen-bond acceptors (Lipinski definition) is 1. The lowest BCUT2D eigenvalue weighted by atomic mass is 9.97. The van der Waals surface area contributed by atoms with Gasteiger partial charge in [-0.15, -0.1) is 0 Å². The number of hydrogen-bond donors (Lipinski definition) is 1. The zero-order valence-electron chi connectivity index (χ0n) is 9.67. The number of halogens is 3. The second-order valence-electron chi connectivity index (χ2n) is 4.06. The van der Waals surface area contributed by atoms with Crippen LogP contribution in [-0.4, -0.2) is 5.11 Å². The molecule has 0 saturated carbocycles. The van der Waals surface area contributed by atoms with Crippen molar-refractivity contribution in [3.63, 3.8) is 0 Å². The summed E-state index contributed by atoms with van der Waals surface area (Å²) in [6.07, 6.45) is 0. The molecule has 4 heteroatoms. The molecule has 94 valence electrons. The van der Waals surface area contributed by atoms with Crippen LogP contribution in [0.2, 0.25) is 0 Å². The van der Waals surface area contributed by atoms with Gasteiger partial charge < -0.3 is 5.11 Å². The number of benzene rings is 2. The van der Waals surface area contributed by atoms with Crippen molar-refractivity contribution in [3.05, 3.63) is 58.9 Å². The predicted molar refractivity (Wildman–Crippen MR) is 62.4 cm³/mol. The van der Waals surface area contributed by atoms with Crippen LogP contribution in [0.3, 0.4) is 0 Å². The Morgan fingerprint density at radius 2 is 1.56 bits per heavy atom. The smallest absolute Gasteiger partial charge is 0.161 e. The van der Waals surface area contributed by atoms with Crippen LogP contribution in [0.4, 0.5) is 13.2 Å². The lowest BCUT2D eigenvalue weighted by Crippen LogP contribution is -1.96. The molecule has 0 aliphatic carbocycles. The molecule has 1 N–H and O–H groups in total. The van der Waals surface area contributed by atoms with Crippen LogP contribution >= 0.6 is 0 Å². The first-order valence-corrected chi connectivity index (χ1v) is 5.38. The van der Waals surface area contributed by atoms with E-state index in [9.17, 15) is 18.3 Å². The molecular formula is C14H11F3O. The molecule has 2 rings (SSSR count). The Bertz CT molecular complexity index is 594. The quantitative estimate of drug-likeness (QED) is 0.810. The van der Waals surface area contributed by atoms with E-state index in [1.165, 1.54) is 0 Å². The lowest BCUT2D eigenvalue weighted by Gasteiger charge is -2.10. The third-order valence-electron chi connectivity index (χ3n) is 2.74. The van der Waals surface area contributed by atoms with Gasteiger partial charge in [0.15, 0.2) is 11.6 Å². The highest BCUT2D eigenvalue weighted by molar-refractivity contribution is 5.68. The minimum atomic E-state index is -1.23. The highest BCUT2D eigenvalue weighted by Crippen LogP contribution is 2.29. The van der Waals surface area contributed by atoms with Crippen molar-refractivity contribution in [1.82, 2.24) is 0 Å². The molecule has 0 heterocycles. The molecule has 0 aliphatic heterocycles. The first-order valence-electron chi connectivity index (χ1n) is 5.38. The predicted octanol–water partition coefficient (Wildman–Crippen LogP) is 3.57. The average molecular weight is 252 g/mol. The van der Waals surface area contributed by atoms with E-state index in [4.69, 9.17) is 0 Å². The largest absolute Gasteiger partial charge is 0.392 e. The van der Waals surface area contributed by atoms with Crippen LogP contribution in [0.5, 0.6) is 0 Å². The van der Waals surface area contributed by atoms with Crippen LogP contribution < -0.4 is 0 Å². The fraction of sp³-hybridized carbons (Fsp3) is 0.143. The van der Waals surface area contributed by atoms with E-state index in [1.54, 1.807) is 25.1 Å². The molecule has 1 nitrogen and oxygen atoms in total. The topological polar surface area (TPSA) is 20.2 Å². The molecule has 0 unspecified atom stereocenters. The van der Waals surface area contributed by atoms with Crippen LogP contribution in [0, 0.1) is 24.4 Å². The molecule has 0 atom stereocenters. The summed E-state index contributed by atoms with van der Waals surface area (Å²) in [5.41, 5.74) is 1.62. The van der Waals surface area contributed by atoms with Gasteiger partial charge in [-0.1, -0.05) is 23.8 Å². The highest BCUT2D eigenvalue weighted by Gasteiger charge is 2.14. The second-order valence-corrected chi connectivity index (χ2v) is 4.06. The summed E-state index contributed by atoms with van der Waals surface area (Å²) >= 11 is 0. The summed E-state index contributed by atoms with van der Waals surface area (Å²) in [5, 5.41) is 9.20. The third-order valence-corrected chi connectivity index (χ3v) is 2.74. The number of aryl methyl sites for hydroxylation is 1. The van der Waals surface area contributed by atoms with Crippen molar-refractivity contribution in [1.29, 1.82) is 0 Å². The van der Waals surface area contributed by atoms with Crippen molar-refractivity contribution >= 4 is 0 Å². The van der Waals surface area contributed by atoms with Gasteiger partial charge in [0.05, 0.1) is 6.61 Å². The van der Waals surface area contributed by atoms with E-state index in [-0.39, 0.29) is 12.2 Å². The van der Waals surface area contributed by atoms with E-state index in [0.29, 0.717) is 17.2 Å². The Hall–Kier alpha value is -1.81. The lowest BCUT2D eigenvalue weighted by molar-refractivity contribution is 0.282. The van der Waals surface area contributed by atoms with Crippen LogP contribution in [0.1, 0.15) is 11.1 Å². The van der Waals surface area contributed by atoms with Gasteiger partial charge in [0, 0.05) is 11.6 Å². The van der Waals surface area contributed by atoms with Crippen molar-refractivity contribution in [2.75, 3.05) is 0 Å². The molecule has 0 aromatic heterocycles. The van der Waals surface area contributed by atoms with Crippen molar-refractivity contribution < 1.29 is 18.3 Å². The minimum Gasteiger partial charge on any atom is -0.392 e. The summed E-state index contributed by atoms with van der Waals surface area (Å²) in [6.45, 7) is 1.50. The molecule has 2 aromatic rings. The maximum absolute atomic E-state index is 13.7. The zero-order valence-corrected chi connectivity index (χ0v) is 9.67. The Kier molecular flexibility index (Phi) is 3.39. The molecule has 0 aliphatic rings. The molecule has 0 bridgehead atoms. The summed E-state index contributed by atoms with van der Waals surface area (Å²) in [5.74, 6) is -3.19. The molecule has 0 spiro atoms. The molecule has 0 saturated heterocycles. The Balaban J connectivity index is 2.68. The van der Waals surface area contributed by atoms with E-state index >= 15 is 0 Å². The number of rotatable bonds is 2. The van der Waals surface area contributed by atoms with Crippen molar-refractivity contribution in [2.24, 2.45) is 0 Å². The summed E-state index contributed by atoms with van der Waals surface area (Å²) < 4.78 is 39.7. The fourth-order valence-corrected chi connectivity index (χ4v) is 1.81. The third kappa shape index (κ3) is 2.24. The Morgan fingerprint density at radius 3 is 2.22 bits per heavy atom. The van der Waals surface area contributed by atoms with E-state index < -0.39 is 17.5 Å². The van der Waals surface area contributed by atoms with Gasteiger partial charge in [-0.05, 0) is 24.1 Å². The summed E-state index contributed by atoms with van der Waals surface area (Å²) in [4.78, 5) is 0. The molecular weight excluding hydrogens is 241 g/mol. The van der Waals surface area contributed by atoms with E-state index in [0.717, 1.165) is 11.6 Å². The van der Waals surface area contributed by atoms with Gasteiger partial charge in [0.25, 0.3) is 0 Å². The maximum atomic E-state index is 13.7. The fourth-order valence-electron chi connectivity index (χ4n) is 1.81.